The molecule has 0 aliphatic carbocycles. The zero-order valence-electron chi connectivity index (χ0n) is 9.42. The lowest BCUT2D eigenvalue weighted by atomic mass is 10.2. The molecule has 0 aromatic heterocycles. The smallest absolute Gasteiger partial charge is 0.107 e. The number of aliphatic hydroxyl groups is 1. The molecule has 0 amide bonds. The predicted molar refractivity (Wildman–Crippen MR) is 57.7 cm³/mol. The highest BCUT2D eigenvalue weighted by Crippen LogP contribution is 2.06. The topological polar surface area (TPSA) is 23.5 Å². The first kappa shape index (κ1) is 12.9. The van der Waals surface area contributed by atoms with Gasteiger partial charge in [-0.05, 0) is 19.3 Å². The van der Waals surface area contributed by atoms with E-state index in [1.165, 1.54) is 12.8 Å². The van der Waals surface area contributed by atoms with Gasteiger partial charge in [0.05, 0.1) is 0 Å². The van der Waals surface area contributed by atoms with Crippen LogP contribution < -0.4 is 0 Å². The molecular formula is C11H25NO. The van der Waals surface area contributed by atoms with Gasteiger partial charge in [0.25, 0.3) is 0 Å². The Hall–Kier alpha value is -0.0800. The Balaban J connectivity index is 3.75. The van der Waals surface area contributed by atoms with Crippen molar-refractivity contribution in [2.24, 2.45) is 0 Å². The van der Waals surface area contributed by atoms with E-state index in [0.29, 0.717) is 0 Å². The molecule has 0 saturated heterocycles. The summed E-state index contributed by atoms with van der Waals surface area (Å²) < 4.78 is 0. The summed E-state index contributed by atoms with van der Waals surface area (Å²) in [5.74, 6) is 0. The Bertz CT molecular complexity index is 106. The van der Waals surface area contributed by atoms with Crippen LogP contribution in [0.15, 0.2) is 0 Å². The van der Waals surface area contributed by atoms with Crippen molar-refractivity contribution in [3.8, 4) is 0 Å². The van der Waals surface area contributed by atoms with E-state index in [1.807, 2.05) is 0 Å². The van der Waals surface area contributed by atoms with Gasteiger partial charge in [-0.25, -0.2) is 0 Å². The lowest BCUT2D eigenvalue weighted by Gasteiger charge is -2.27. The van der Waals surface area contributed by atoms with Crippen molar-refractivity contribution >= 4 is 0 Å². The maximum Gasteiger partial charge on any atom is 0.107 e. The molecule has 0 spiro atoms. The fraction of sp³-hybridized carbons (Fsp3) is 1.00. The van der Waals surface area contributed by atoms with Gasteiger partial charge in [0.15, 0.2) is 0 Å². The van der Waals surface area contributed by atoms with Crippen LogP contribution in [0.4, 0.5) is 0 Å². The van der Waals surface area contributed by atoms with Crippen molar-refractivity contribution in [1.29, 1.82) is 0 Å². The molecule has 0 saturated carbocycles. The lowest BCUT2D eigenvalue weighted by molar-refractivity contribution is -0.00360. The molecule has 1 N–H and O–H groups in total. The van der Waals surface area contributed by atoms with Crippen LogP contribution in [-0.2, 0) is 0 Å². The molecule has 13 heavy (non-hydrogen) atoms. The fourth-order valence-electron chi connectivity index (χ4n) is 1.50. The molecule has 2 nitrogen and oxygen atoms in total. The molecule has 80 valence electrons. The van der Waals surface area contributed by atoms with Crippen molar-refractivity contribution in [3.05, 3.63) is 0 Å². The van der Waals surface area contributed by atoms with Gasteiger partial charge in [-0.2, -0.15) is 0 Å². The lowest BCUT2D eigenvalue weighted by Crippen LogP contribution is -2.36. The normalized spacial score (nSPS) is 13.6. The minimum Gasteiger partial charge on any atom is -0.378 e. The van der Waals surface area contributed by atoms with Crippen molar-refractivity contribution < 1.29 is 5.11 Å². The first-order valence-corrected chi connectivity index (χ1v) is 5.68. The molecule has 0 rings (SSSR count). The van der Waals surface area contributed by atoms with E-state index in [1.54, 1.807) is 0 Å². The molecule has 1 unspecified atom stereocenters. The quantitative estimate of drug-likeness (QED) is 0.590. The molecule has 0 bridgehead atoms. The molecule has 0 heterocycles. The molecule has 0 fully saturated rings. The van der Waals surface area contributed by atoms with Crippen LogP contribution in [0.2, 0.25) is 0 Å². The van der Waals surface area contributed by atoms with Crippen molar-refractivity contribution in [2.45, 2.75) is 59.1 Å². The van der Waals surface area contributed by atoms with E-state index in [4.69, 9.17) is 0 Å². The van der Waals surface area contributed by atoms with Gasteiger partial charge in [-0.15, -0.1) is 0 Å². The SMILES string of the molecule is CCCCN(CCC)C(O)CCC. The molecule has 0 radical (unpaired) electrons. The second kappa shape index (κ2) is 8.52. The number of aliphatic hydroxyl groups excluding tert-OH is 1. The van der Waals surface area contributed by atoms with Gasteiger partial charge in [0.1, 0.15) is 6.23 Å². The zero-order chi connectivity index (χ0) is 10.1. The highest BCUT2D eigenvalue weighted by atomic mass is 16.3. The summed E-state index contributed by atoms with van der Waals surface area (Å²) in [6.07, 6.45) is 5.29. The third-order valence-corrected chi connectivity index (χ3v) is 2.28. The van der Waals surface area contributed by atoms with E-state index in [9.17, 15) is 5.11 Å². The standard InChI is InChI=1S/C11H25NO/c1-4-7-10-12(9-6-3)11(13)8-5-2/h11,13H,4-10H2,1-3H3. The maximum absolute atomic E-state index is 9.79. The predicted octanol–water partition coefficient (Wildman–Crippen LogP) is 2.62. The first-order valence-electron chi connectivity index (χ1n) is 5.68. The minimum absolute atomic E-state index is 0.212. The molecule has 0 aromatic carbocycles. The van der Waals surface area contributed by atoms with Crippen LogP contribution in [0.1, 0.15) is 52.9 Å². The average Bonchev–Trinajstić information content (AvgIpc) is 2.12. The van der Waals surface area contributed by atoms with E-state index < -0.39 is 0 Å². The summed E-state index contributed by atoms with van der Waals surface area (Å²) in [6.45, 7) is 8.55. The zero-order valence-corrected chi connectivity index (χ0v) is 9.42. The van der Waals surface area contributed by atoms with Crippen LogP contribution in [0.3, 0.4) is 0 Å². The van der Waals surface area contributed by atoms with Crippen LogP contribution in [-0.4, -0.2) is 29.3 Å². The summed E-state index contributed by atoms with van der Waals surface area (Å²) in [4.78, 5) is 2.20. The fourth-order valence-corrected chi connectivity index (χ4v) is 1.50. The maximum atomic E-state index is 9.79. The van der Waals surface area contributed by atoms with Crippen LogP contribution in [0.5, 0.6) is 0 Å². The van der Waals surface area contributed by atoms with E-state index in [-0.39, 0.29) is 6.23 Å². The molecule has 2 heteroatoms. The third-order valence-electron chi connectivity index (χ3n) is 2.28. The van der Waals surface area contributed by atoms with Crippen LogP contribution in [0.25, 0.3) is 0 Å². The van der Waals surface area contributed by atoms with Crippen molar-refractivity contribution in [3.63, 3.8) is 0 Å². The van der Waals surface area contributed by atoms with Crippen LogP contribution in [0, 0.1) is 0 Å². The molecular weight excluding hydrogens is 162 g/mol. The third kappa shape index (κ3) is 6.05. The Morgan fingerprint density at radius 2 is 1.69 bits per heavy atom. The highest BCUT2D eigenvalue weighted by molar-refractivity contribution is 4.60. The van der Waals surface area contributed by atoms with Crippen molar-refractivity contribution in [1.82, 2.24) is 4.90 Å². The highest BCUT2D eigenvalue weighted by Gasteiger charge is 2.12. The van der Waals surface area contributed by atoms with Gasteiger partial charge in [-0.3, -0.25) is 4.90 Å². The Labute approximate surface area is 82.9 Å². The summed E-state index contributed by atoms with van der Waals surface area (Å²) >= 11 is 0. The van der Waals surface area contributed by atoms with Crippen molar-refractivity contribution in [2.75, 3.05) is 13.1 Å². The van der Waals surface area contributed by atoms with E-state index in [2.05, 4.69) is 25.7 Å². The average molecular weight is 187 g/mol. The van der Waals surface area contributed by atoms with Gasteiger partial charge < -0.3 is 5.11 Å². The van der Waals surface area contributed by atoms with Gasteiger partial charge >= 0.3 is 0 Å². The number of hydrogen-bond acceptors (Lipinski definition) is 2. The van der Waals surface area contributed by atoms with Gasteiger partial charge in [0, 0.05) is 13.1 Å². The first-order chi connectivity index (χ1) is 6.26. The second-order valence-corrected chi connectivity index (χ2v) is 3.66. The van der Waals surface area contributed by atoms with Gasteiger partial charge in [0.2, 0.25) is 0 Å². The van der Waals surface area contributed by atoms with E-state index >= 15 is 0 Å². The van der Waals surface area contributed by atoms with Crippen LogP contribution >= 0.6 is 0 Å². The summed E-state index contributed by atoms with van der Waals surface area (Å²) in [6, 6.07) is 0. The van der Waals surface area contributed by atoms with Gasteiger partial charge in [-0.1, -0.05) is 33.6 Å². The summed E-state index contributed by atoms with van der Waals surface area (Å²) in [7, 11) is 0. The molecule has 0 aliphatic heterocycles. The summed E-state index contributed by atoms with van der Waals surface area (Å²) in [5.41, 5.74) is 0. The Morgan fingerprint density at radius 3 is 2.15 bits per heavy atom. The Kier molecular flexibility index (Phi) is 8.46. The second-order valence-electron chi connectivity index (χ2n) is 3.66. The Morgan fingerprint density at radius 1 is 1.00 bits per heavy atom. The largest absolute Gasteiger partial charge is 0.378 e. The molecule has 0 aromatic rings. The minimum atomic E-state index is -0.212. The number of rotatable bonds is 8. The molecule has 1 atom stereocenters. The number of unbranched alkanes of at least 4 members (excludes halogenated alkanes) is 1. The van der Waals surface area contributed by atoms with E-state index in [0.717, 1.165) is 32.4 Å². The molecule has 0 aliphatic rings. The summed E-state index contributed by atoms with van der Waals surface area (Å²) in [5, 5.41) is 9.79. The number of nitrogens with zero attached hydrogens (tertiary/aromatic N) is 1. The number of hydrogen-bond donors (Lipinski definition) is 1. The monoisotopic (exact) mass is 187 g/mol.